The molecule has 132 valence electrons. The van der Waals surface area contributed by atoms with E-state index in [9.17, 15) is 0 Å². The van der Waals surface area contributed by atoms with Gasteiger partial charge in [0.05, 0.1) is 0 Å². The van der Waals surface area contributed by atoms with Crippen molar-refractivity contribution in [2.75, 3.05) is 18.8 Å². The third-order valence-corrected chi connectivity index (χ3v) is 4.38. The molecule has 2 heteroatoms. The topological polar surface area (TPSA) is 12.0 Å². The number of nitrogens with one attached hydrogen (secondary N) is 1. The number of unbranched alkanes of at least 4 members (excludes halogenated alkanes) is 12. The molecule has 0 aliphatic carbocycles. The average Bonchev–Trinajstić information content (AvgIpc) is 2.54. The molecule has 0 aliphatic heterocycles. The van der Waals surface area contributed by atoms with Crippen molar-refractivity contribution in [2.45, 2.75) is 96.8 Å². The fourth-order valence-electron chi connectivity index (χ4n) is 2.70. The van der Waals surface area contributed by atoms with Crippen molar-refractivity contribution in [1.29, 1.82) is 0 Å². The molecule has 0 spiro atoms. The van der Waals surface area contributed by atoms with Gasteiger partial charge in [0, 0.05) is 12.3 Å². The van der Waals surface area contributed by atoms with E-state index in [1.165, 1.54) is 96.4 Å². The number of thiol groups is 1. The molecule has 0 saturated carbocycles. The van der Waals surface area contributed by atoms with Crippen LogP contribution in [0.15, 0.2) is 12.2 Å². The fourth-order valence-corrected chi connectivity index (χ4v) is 2.86. The SMILES string of the molecule is CCCCCCCC/C=C\CCCCCCCCNCCS. The molecular formula is C20H41NS. The molecule has 0 aromatic carbocycles. The lowest BCUT2D eigenvalue weighted by atomic mass is 10.1. The van der Waals surface area contributed by atoms with Gasteiger partial charge in [0.2, 0.25) is 0 Å². The fraction of sp³-hybridized carbons (Fsp3) is 0.900. The van der Waals surface area contributed by atoms with Gasteiger partial charge in [0.1, 0.15) is 0 Å². The lowest BCUT2D eigenvalue weighted by Gasteiger charge is -2.02. The van der Waals surface area contributed by atoms with Crippen LogP contribution >= 0.6 is 12.6 Å². The van der Waals surface area contributed by atoms with Gasteiger partial charge in [-0.3, -0.25) is 0 Å². The minimum absolute atomic E-state index is 0.951. The van der Waals surface area contributed by atoms with E-state index >= 15 is 0 Å². The molecule has 0 rings (SSSR count). The Morgan fingerprint density at radius 1 is 0.636 bits per heavy atom. The van der Waals surface area contributed by atoms with Crippen molar-refractivity contribution < 1.29 is 0 Å². The van der Waals surface area contributed by atoms with E-state index in [0.29, 0.717) is 0 Å². The highest BCUT2D eigenvalue weighted by atomic mass is 32.1. The molecule has 0 saturated heterocycles. The van der Waals surface area contributed by atoms with E-state index in [1.54, 1.807) is 0 Å². The van der Waals surface area contributed by atoms with Crippen LogP contribution in [-0.2, 0) is 0 Å². The zero-order chi connectivity index (χ0) is 16.1. The van der Waals surface area contributed by atoms with Crippen LogP contribution in [0.4, 0.5) is 0 Å². The van der Waals surface area contributed by atoms with E-state index in [0.717, 1.165) is 12.3 Å². The van der Waals surface area contributed by atoms with Crippen LogP contribution in [0, 0.1) is 0 Å². The Balaban J connectivity index is 3.02. The lowest BCUT2D eigenvalue weighted by Crippen LogP contribution is -2.17. The number of hydrogen-bond acceptors (Lipinski definition) is 2. The Hall–Kier alpha value is 0.0500. The highest BCUT2D eigenvalue weighted by Gasteiger charge is 1.91. The molecule has 0 fully saturated rings. The Morgan fingerprint density at radius 3 is 1.68 bits per heavy atom. The Morgan fingerprint density at radius 2 is 1.14 bits per heavy atom. The second-order valence-corrected chi connectivity index (χ2v) is 6.86. The maximum absolute atomic E-state index is 4.19. The number of rotatable bonds is 18. The molecule has 22 heavy (non-hydrogen) atoms. The molecule has 0 bridgehead atoms. The van der Waals surface area contributed by atoms with Crippen LogP contribution in [0.25, 0.3) is 0 Å². The second-order valence-electron chi connectivity index (χ2n) is 6.41. The Kier molecular flexibility index (Phi) is 21.1. The summed E-state index contributed by atoms with van der Waals surface area (Å²) in [4.78, 5) is 0. The van der Waals surface area contributed by atoms with Crippen LogP contribution < -0.4 is 5.32 Å². The highest BCUT2D eigenvalue weighted by molar-refractivity contribution is 7.80. The van der Waals surface area contributed by atoms with Gasteiger partial charge >= 0.3 is 0 Å². The third-order valence-electron chi connectivity index (χ3n) is 4.15. The van der Waals surface area contributed by atoms with Gasteiger partial charge < -0.3 is 5.32 Å². The summed E-state index contributed by atoms with van der Waals surface area (Å²) in [5.41, 5.74) is 0. The molecular weight excluding hydrogens is 286 g/mol. The maximum atomic E-state index is 4.19. The van der Waals surface area contributed by atoms with Crippen LogP contribution in [0.3, 0.4) is 0 Å². The average molecular weight is 328 g/mol. The molecule has 0 unspecified atom stereocenters. The first-order valence-corrected chi connectivity index (χ1v) is 10.5. The standard InChI is InChI=1S/C20H41NS/c1-2-3-4-5-6-7-8-9-10-11-12-13-14-15-16-17-18-21-19-20-22/h9-10,21-22H,2-8,11-20H2,1H3/b10-9-. The van der Waals surface area contributed by atoms with Crippen molar-refractivity contribution in [2.24, 2.45) is 0 Å². The molecule has 0 amide bonds. The molecule has 1 nitrogen and oxygen atoms in total. The minimum Gasteiger partial charge on any atom is -0.316 e. The second kappa shape index (κ2) is 21.0. The summed E-state index contributed by atoms with van der Waals surface area (Å²) in [5.74, 6) is 0.951. The van der Waals surface area contributed by atoms with Gasteiger partial charge in [0.15, 0.2) is 0 Å². The Bertz CT molecular complexity index is 216. The van der Waals surface area contributed by atoms with Gasteiger partial charge in [0.25, 0.3) is 0 Å². The van der Waals surface area contributed by atoms with Gasteiger partial charge in [-0.2, -0.15) is 12.6 Å². The van der Waals surface area contributed by atoms with Crippen molar-refractivity contribution >= 4 is 12.6 Å². The van der Waals surface area contributed by atoms with E-state index in [4.69, 9.17) is 0 Å². The van der Waals surface area contributed by atoms with Gasteiger partial charge in [-0.15, -0.1) is 0 Å². The normalized spacial score (nSPS) is 11.5. The summed E-state index contributed by atoms with van der Waals surface area (Å²) in [5, 5.41) is 3.40. The monoisotopic (exact) mass is 327 g/mol. The first-order valence-electron chi connectivity index (χ1n) is 9.88. The van der Waals surface area contributed by atoms with Gasteiger partial charge in [-0.05, 0) is 38.6 Å². The molecule has 0 aliphatic rings. The molecule has 1 N–H and O–H groups in total. The number of hydrogen-bond donors (Lipinski definition) is 2. The first kappa shape index (κ1) is 22.1. The van der Waals surface area contributed by atoms with Crippen molar-refractivity contribution in [3.63, 3.8) is 0 Å². The van der Waals surface area contributed by atoms with E-state index in [2.05, 4.69) is 37.0 Å². The van der Waals surface area contributed by atoms with E-state index in [1.807, 2.05) is 0 Å². The molecule has 0 aromatic rings. The zero-order valence-electron chi connectivity index (χ0n) is 15.1. The summed E-state index contributed by atoms with van der Waals surface area (Å²) in [6.45, 7) is 4.50. The lowest BCUT2D eigenvalue weighted by molar-refractivity contribution is 0.574. The summed E-state index contributed by atoms with van der Waals surface area (Å²) < 4.78 is 0. The molecule has 0 radical (unpaired) electrons. The van der Waals surface area contributed by atoms with Crippen molar-refractivity contribution in [3.05, 3.63) is 12.2 Å². The maximum Gasteiger partial charge on any atom is 0.00397 e. The van der Waals surface area contributed by atoms with Gasteiger partial charge in [-0.1, -0.05) is 76.9 Å². The third kappa shape index (κ3) is 20.1. The van der Waals surface area contributed by atoms with E-state index < -0.39 is 0 Å². The molecule has 0 heterocycles. The Labute approximate surface area is 146 Å². The summed E-state index contributed by atoms with van der Waals surface area (Å²) in [7, 11) is 0. The predicted molar refractivity (Wildman–Crippen MR) is 106 cm³/mol. The predicted octanol–water partition coefficient (Wildman–Crippen LogP) is 6.54. The van der Waals surface area contributed by atoms with Gasteiger partial charge in [-0.25, -0.2) is 0 Å². The summed E-state index contributed by atoms with van der Waals surface area (Å²) in [6, 6.07) is 0. The molecule has 0 atom stereocenters. The van der Waals surface area contributed by atoms with E-state index in [-0.39, 0.29) is 0 Å². The van der Waals surface area contributed by atoms with Crippen LogP contribution in [0.5, 0.6) is 0 Å². The smallest absolute Gasteiger partial charge is 0.00397 e. The number of allylic oxidation sites excluding steroid dienone is 2. The quantitative estimate of drug-likeness (QED) is 0.165. The van der Waals surface area contributed by atoms with Crippen molar-refractivity contribution in [1.82, 2.24) is 5.32 Å². The van der Waals surface area contributed by atoms with Crippen LogP contribution in [0.1, 0.15) is 96.8 Å². The van der Waals surface area contributed by atoms with Crippen LogP contribution in [-0.4, -0.2) is 18.8 Å². The van der Waals surface area contributed by atoms with Crippen molar-refractivity contribution in [3.8, 4) is 0 Å². The van der Waals surface area contributed by atoms with Crippen LogP contribution in [0.2, 0.25) is 0 Å². The largest absolute Gasteiger partial charge is 0.316 e. The zero-order valence-corrected chi connectivity index (χ0v) is 16.0. The molecule has 0 aromatic heterocycles. The highest BCUT2D eigenvalue weighted by Crippen LogP contribution is 2.09. The summed E-state index contributed by atoms with van der Waals surface area (Å²) in [6.07, 6.45) is 24.2. The minimum atomic E-state index is 0.951. The first-order chi connectivity index (χ1) is 10.9. The summed E-state index contributed by atoms with van der Waals surface area (Å²) >= 11 is 4.19.